The molecule has 92 valence electrons. The monoisotopic (exact) mass is 301 g/mol. The van der Waals surface area contributed by atoms with Crippen molar-refractivity contribution in [3.8, 4) is 5.75 Å². The van der Waals surface area contributed by atoms with Crippen LogP contribution in [0, 0.1) is 10.1 Å². The number of Topliss-reactive ketones (excluding diaryl/α,β-unsaturated/α-hetero) is 1. The molecule has 0 aliphatic carbocycles. The Hall–Kier alpha value is -1.43. The summed E-state index contributed by atoms with van der Waals surface area (Å²) in [5, 5.41) is 10.6. The molecule has 0 spiro atoms. The van der Waals surface area contributed by atoms with E-state index in [9.17, 15) is 14.9 Å². The van der Waals surface area contributed by atoms with Gasteiger partial charge in [-0.1, -0.05) is 15.9 Å². The van der Waals surface area contributed by atoms with Crippen LogP contribution >= 0.6 is 15.9 Å². The summed E-state index contributed by atoms with van der Waals surface area (Å²) in [6.07, 6.45) is 0. The number of non-ortho nitro benzene ring substituents is 1. The maximum atomic E-state index is 11.3. The topological polar surface area (TPSA) is 69.4 Å². The Kier molecular flexibility index (Phi) is 4.62. The summed E-state index contributed by atoms with van der Waals surface area (Å²) < 4.78 is 5.31. The SMILES string of the molecule is CCOc1cc([N+](=O)[O-])ccc1C(Br)C(C)=O. The van der Waals surface area contributed by atoms with Crippen molar-refractivity contribution >= 4 is 27.4 Å². The van der Waals surface area contributed by atoms with E-state index >= 15 is 0 Å². The highest BCUT2D eigenvalue weighted by atomic mass is 79.9. The summed E-state index contributed by atoms with van der Waals surface area (Å²) in [4.78, 5) is 20.9. The first-order valence-electron chi connectivity index (χ1n) is 5.03. The average molecular weight is 302 g/mol. The average Bonchev–Trinajstić information content (AvgIpc) is 2.28. The van der Waals surface area contributed by atoms with Gasteiger partial charge in [0, 0.05) is 11.6 Å². The third kappa shape index (κ3) is 3.26. The largest absolute Gasteiger partial charge is 0.493 e. The minimum Gasteiger partial charge on any atom is -0.493 e. The number of alkyl halides is 1. The summed E-state index contributed by atoms with van der Waals surface area (Å²) in [6, 6.07) is 4.22. The van der Waals surface area contributed by atoms with Crippen LogP contribution in [0.5, 0.6) is 5.75 Å². The van der Waals surface area contributed by atoms with E-state index in [-0.39, 0.29) is 11.5 Å². The molecule has 1 aromatic rings. The molecule has 0 saturated carbocycles. The zero-order valence-corrected chi connectivity index (χ0v) is 11.1. The molecule has 0 amide bonds. The van der Waals surface area contributed by atoms with E-state index in [1.54, 1.807) is 6.92 Å². The number of nitrogens with zero attached hydrogens (tertiary/aromatic N) is 1. The van der Waals surface area contributed by atoms with Crippen LogP contribution in [-0.4, -0.2) is 17.3 Å². The zero-order chi connectivity index (χ0) is 13.0. The maximum Gasteiger partial charge on any atom is 0.273 e. The van der Waals surface area contributed by atoms with E-state index < -0.39 is 9.75 Å². The van der Waals surface area contributed by atoms with Crippen molar-refractivity contribution < 1.29 is 14.5 Å². The Morgan fingerprint density at radius 1 is 1.59 bits per heavy atom. The summed E-state index contributed by atoms with van der Waals surface area (Å²) in [7, 11) is 0. The highest BCUT2D eigenvalue weighted by Gasteiger charge is 2.20. The first kappa shape index (κ1) is 13.6. The van der Waals surface area contributed by atoms with Crippen molar-refractivity contribution in [1.82, 2.24) is 0 Å². The molecule has 0 aromatic heterocycles. The highest BCUT2D eigenvalue weighted by Crippen LogP contribution is 2.34. The van der Waals surface area contributed by atoms with Crippen molar-refractivity contribution in [3.63, 3.8) is 0 Å². The van der Waals surface area contributed by atoms with E-state index in [2.05, 4.69) is 15.9 Å². The normalized spacial score (nSPS) is 11.9. The van der Waals surface area contributed by atoms with Crippen LogP contribution in [0.15, 0.2) is 18.2 Å². The standard InChI is InChI=1S/C11H12BrNO4/c1-3-17-10-6-8(13(15)16)4-5-9(10)11(12)7(2)14/h4-6,11H,3H2,1-2H3. The minimum absolute atomic E-state index is 0.0551. The Labute approximate surface area is 107 Å². The smallest absolute Gasteiger partial charge is 0.273 e. The van der Waals surface area contributed by atoms with Crippen LogP contribution in [0.2, 0.25) is 0 Å². The summed E-state index contributed by atoms with van der Waals surface area (Å²) in [5.41, 5.74) is 0.547. The van der Waals surface area contributed by atoms with Crippen molar-refractivity contribution in [2.45, 2.75) is 18.7 Å². The fraction of sp³-hybridized carbons (Fsp3) is 0.364. The van der Waals surface area contributed by atoms with Crippen LogP contribution in [0.25, 0.3) is 0 Å². The molecular weight excluding hydrogens is 290 g/mol. The third-order valence-electron chi connectivity index (χ3n) is 2.14. The van der Waals surface area contributed by atoms with Crippen LogP contribution in [0.1, 0.15) is 24.2 Å². The molecular formula is C11H12BrNO4. The van der Waals surface area contributed by atoms with E-state index in [1.165, 1.54) is 25.1 Å². The Bertz CT molecular complexity index is 447. The molecule has 0 heterocycles. The number of nitro groups is 1. The molecule has 0 radical (unpaired) electrons. The summed E-state index contributed by atoms with van der Waals surface area (Å²) >= 11 is 3.23. The summed E-state index contributed by atoms with van der Waals surface area (Å²) in [5.74, 6) is 0.276. The quantitative estimate of drug-likeness (QED) is 0.476. The molecule has 0 N–H and O–H groups in total. The third-order valence-corrected chi connectivity index (χ3v) is 3.28. The molecule has 1 rings (SSSR count). The predicted molar refractivity (Wildman–Crippen MR) is 66.6 cm³/mol. The molecule has 17 heavy (non-hydrogen) atoms. The van der Waals surface area contributed by atoms with Gasteiger partial charge in [-0.05, 0) is 19.9 Å². The second-order valence-electron chi connectivity index (χ2n) is 3.39. The van der Waals surface area contributed by atoms with Gasteiger partial charge in [0.1, 0.15) is 16.4 Å². The Morgan fingerprint density at radius 3 is 2.71 bits per heavy atom. The molecule has 0 aliphatic rings. The number of benzene rings is 1. The van der Waals surface area contributed by atoms with Gasteiger partial charge in [0.05, 0.1) is 17.6 Å². The van der Waals surface area contributed by atoms with Gasteiger partial charge in [0.2, 0.25) is 0 Å². The molecule has 0 saturated heterocycles. The fourth-order valence-electron chi connectivity index (χ4n) is 1.35. The molecule has 1 aromatic carbocycles. The van der Waals surface area contributed by atoms with Crippen molar-refractivity contribution in [1.29, 1.82) is 0 Å². The van der Waals surface area contributed by atoms with Crippen LogP contribution in [0.4, 0.5) is 5.69 Å². The number of hydrogen-bond acceptors (Lipinski definition) is 4. The van der Waals surface area contributed by atoms with Gasteiger partial charge < -0.3 is 4.74 Å². The number of carbonyl (C=O) groups is 1. The number of hydrogen-bond donors (Lipinski definition) is 0. The number of ketones is 1. The van der Waals surface area contributed by atoms with Crippen molar-refractivity contribution in [2.75, 3.05) is 6.61 Å². The lowest BCUT2D eigenvalue weighted by molar-refractivity contribution is -0.384. The van der Waals surface area contributed by atoms with Gasteiger partial charge in [0.15, 0.2) is 0 Å². The van der Waals surface area contributed by atoms with Gasteiger partial charge in [-0.3, -0.25) is 14.9 Å². The first-order chi connectivity index (χ1) is 7.97. The van der Waals surface area contributed by atoms with Crippen LogP contribution < -0.4 is 4.74 Å². The lowest BCUT2D eigenvalue weighted by Gasteiger charge is -2.12. The van der Waals surface area contributed by atoms with Gasteiger partial charge >= 0.3 is 0 Å². The number of nitro benzene ring substituents is 1. The van der Waals surface area contributed by atoms with Gasteiger partial charge in [0.25, 0.3) is 5.69 Å². The van der Waals surface area contributed by atoms with Gasteiger partial charge in [-0.2, -0.15) is 0 Å². The van der Waals surface area contributed by atoms with E-state index in [1.807, 2.05) is 0 Å². The number of carbonyl (C=O) groups excluding carboxylic acids is 1. The molecule has 0 aliphatic heterocycles. The Morgan fingerprint density at radius 2 is 2.24 bits per heavy atom. The number of rotatable bonds is 5. The maximum absolute atomic E-state index is 11.3. The Balaban J connectivity index is 3.21. The lowest BCUT2D eigenvalue weighted by Crippen LogP contribution is -2.05. The number of ether oxygens (including phenoxy) is 1. The predicted octanol–water partition coefficient (Wildman–Crippen LogP) is 3.02. The molecule has 1 atom stereocenters. The molecule has 0 fully saturated rings. The van der Waals surface area contributed by atoms with E-state index in [0.717, 1.165) is 0 Å². The number of halogens is 1. The minimum atomic E-state index is -0.509. The fourth-order valence-corrected chi connectivity index (χ4v) is 1.72. The summed E-state index contributed by atoms with van der Waals surface area (Å²) in [6.45, 7) is 3.60. The molecule has 5 nitrogen and oxygen atoms in total. The second-order valence-corrected chi connectivity index (χ2v) is 4.30. The molecule has 1 unspecified atom stereocenters. The molecule has 6 heteroatoms. The van der Waals surface area contributed by atoms with Crippen molar-refractivity contribution in [2.24, 2.45) is 0 Å². The van der Waals surface area contributed by atoms with Gasteiger partial charge in [-0.15, -0.1) is 0 Å². The first-order valence-corrected chi connectivity index (χ1v) is 5.94. The van der Waals surface area contributed by atoms with Crippen LogP contribution in [0.3, 0.4) is 0 Å². The second kappa shape index (κ2) is 5.77. The zero-order valence-electron chi connectivity index (χ0n) is 9.47. The van der Waals surface area contributed by atoms with Crippen molar-refractivity contribution in [3.05, 3.63) is 33.9 Å². The van der Waals surface area contributed by atoms with Gasteiger partial charge in [-0.25, -0.2) is 0 Å². The molecule has 0 bridgehead atoms. The lowest BCUT2D eigenvalue weighted by atomic mass is 10.1. The van der Waals surface area contributed by atoms with Crippen LogP contribution in [-0.2, 0) is 4.79 Å². The van der Waals surface area contributed by atoms with E-state index in [0.29, 0.717) is 17.9 Å². The van der Waals surface area contributed by atoms with E-state index in [4.69, 9.17) is 4.74 Å². The highest BCUT2D eigenvalue weighted by molar-refractivity contribution is 9.09.